The monoisotopic (exact) mass is 400 g/mol. The van der Waals surface area contributed by atoms with Crippen molar-refractivity contribution in [3.8, 4) is 16.3 Å². The topological polar surface area (TPSA) is 59.8 Å². The molecule has 5 nitrogen and oxygen atoms in total. The SMILES string of the molecule is CC(NC(=O)/C=C/c1cn(-c2ccccc2)nc1-c1cccs1)c1cccnc1. The van der Waals surface area contributed by atoms with Crippen molar-refractivity contribution in [1.82, 2.24) is 20.1 Å². The number of hydrogen-bond acceptors (Lipinski definition) is 4. The quantitative estimate of drug-likeness (QED) is 0.469. The van der Waals surface area contributed by atoms with Gasteiger partial charge < -0.3 is 5.32 Å². The minimum atomic E-state index is -0.161. The molecule has 0 spiro atoms. The van der Waals surface area contributed by atoms with Crippen molar-refractivity contribution < 1.29 is 4.79 Å². The molecule has 1 atom stereocenters. The van der Waals surface area contributed by atoms with E-state index in [1.54, 1.807) is 29.8 Å². The van der Waals surface area contributed by atoms with E-state index in [0.717, 1.165) is 27.4 Å². The minimum absolute atomic E-state index is 0.121. The van der Waals surface area contributed by atoms with Crippen LogP contribution in [0.5, 0.6) is 0 Å². The molecule has 6 heteroatoms. The summed E-state index contributed by atoms with van der Waals surface area (Å²) in [6, 6.07) is 17.6. The lowest BCUT2D eigenvalue weighted by atomic mass is 10.1. The molecular formula is C23H20N4OS. The lowest BCUT2D eigenvalue weighted by Crippen LogP contribution is -2.24. The number of nitrogens with one attached hydrogen (secondary N) is 1. The van der Waals surface area contributed by atoms with Crippen molar-refractivity contribution in [1.29, 1.82) is 0 Å². The zero-order chi connectivity index (χ0) is 20.1. The van der Waals surface area contributed by atoms with E-state index in [9.17, 15) is 4.79 Å². The number of carbonyl (C=O) groups excluding carboxylic acids is 1. The van der Waals surface area contributed by atoms with Crippen LogP contribution in [-0.2, 0) is 4.79 Å². The summed E-state index contributed by atoms with van der Waals surface area (Å²) in [5, 5.41) is 9.73. The Morgan fingerprint density at radius 1 is 1.14 bits per heavy atom. The molecule has 1 aromatic carbocycles. The van der Waals surface area contributed by atoms with Gasteiger partial charge >= 0.3 is 0 Å². The molecule has 0 saturated carbocycles. The molecule has 1 amide bonds. The van der Waals surface area contributed by atoms with Crippen LogP contribution in [0, 0.1) is 0 Å². The van der Waals surface area contributed by atoms with E-state index in [2.05, 4.69) is 10.3 Å². The first kappa shape index (κ1) is 18.8. The van der Waals surface area contributed by atoms with Crippen molar-refractivity contribution >= 4 is 23.3 Å². The Kier molecular flexibility index (Phi) is 5.63. The third-order valence-electron chi connectivity index (χ3n) is 4.48. The Labute approximate surface area is 173 Å². The summed E-state index contributed by atoms with van der Waals surface area (Å²) in [6.45, 7) is 1.94. The van der Waals surface area contributed by atoms with Crippen LogP contribution in [0.2, 0.25) is 0 Å². The predicted octanol–water partition coefficient (Wildman–Crippen LogP) is 4.89. The van der Waals surface area contributed by atoms with E-state index in [4.69, 9.17) is 5.10 Å². The number of rotatable bonds is 6. The highest BCUT2D eigenvalue weighted by atomic mass is 32.1. The Hall–Kier alpha value is -3.51. The number of amides is 1. The van der Waals surface area contributed by atoms with Crippen molar-refractivity contribution in [3.63, 3.8) is 0 Å². The summed E-state index contributed by atoms with van der Waals surface area (Å²) in [7, 11) is 0. The Bertz CT molecular complexity index is 1100. The Balaban J connectivity index is 1.57. The number of benzene rings is 1. The number of pyridine rings is 1. The van der Waals surface area contributed by atoms with E-state index in [1.165, 1.54) is 0 Å². The molecule has 144 valence electrons. The summed E-state index contributed by atoms with van der Waals surface area (Å²) < 4.78 is 1.84. The van der Waals surface area contributed by atoms with Crippen LogP contribution in [0.15, 0.2) is 84.6 Å². The fourth-order valence-electron chi connectivity index (χ4n) is 2.97. The molecule has 0 radical (unpaired) electrons. The van der Waals surface area contributed by atoms with Gasteiger partial charge in [0.25, 0.3) is 0 Å². The molecule has 4 rings (SSSR count). The van der Waals surface area contributed by atoms with Crippen molar-refractivity contribution in [3.05, 3.63) is 95.8 Å². The molecule has 1 unspecified atom stereocenters. The standard InChI is InChI=1S/C23H20N4OS/c1-17(18-7-5-13-24-15-18)25-22(28)12-11-19-16-27(20-8-3-2-4-9-20)26-23(19)21-10-6-14-29-21/h2-17H,1H3,(H,25,28)/b12-11+. The second-order valence-corrected chi connectivity index (χ2v) is 7.49. The van der Waals surface area contributed by atoms with Crippen molar-refractivity contribution in [2.45, 2.75) is 13.0 Å². The van der Waals surface area contributed by atoms with E-state index >= 15 is 0 Å². The Morgan fingerprint density at radius 2 is 2.00 bits per heavy atom. The molecule has 29 heavy (non-hydrogen) atoms. The molecule has 0 aliphatic heterocycles. The van der Waals surface area contributed by atoms with Gasteiger partial charge in [0.1, 0.15) is 5.69 Å². The highest BCUT2D eigenvalue weighted by Gasteiger charge is 2.12. The third-order valence-corrected chi connectivity index (χ3v) is 5.35. The lowest BCUT2D eigenvalue weighted by Gasteiger charge is -2.11. The normalized spacial score (nSPS) is 12.2. The van der Waals surface area contributed by atoms with Crippen LogP contribution in [0.1, 0.15) is 24.1 Å². The third kappa shape index (κ3) is 4.50. The van der Waals surface area contributed by atoms with Gasteiger partial charge in [0.2, 0.25) is 5.91 Å². The van der Waals surface area contributed by atoms with Gasteiger partial charge in [-0.15, -0.1) is 11.3 Å². The number of hydrogen-bond donors (Lipinski definition) is 1. The predicted molar refractivity (Wildman–Crippen MR) is 117 cm³/mol. The number of thiophene rings is 1. The highest BCUT2D eigenvalue weighted by Crippen LogP contribution is 2.28. The van der Waals surface area contributed by atoms with Crippen LogP contribution in [0.25, 0.3) is 22.3 Å². The molecule has 0 aliphatic carbocycles. The maximum atomic E-state index is 12.4. The first-order chi connectivity index (χ1) is 14.2. The van der Waals surface area contributed by atoms with Crippen LogP contribution in [0.3, 0.4) is 0 Å². The molecule has 3 heterocycles. The minimum Gasteiger partial charge on any atom is -0.346 e. The van der Waals surface area contributed by atoms with E-state index in [-0.39, 0.29) is 11.9 Å². The van der Waals surface area contributed by atoms with Crippen molar-refractivity contribution in [2.24, 2.45) is 0 Å². The van der Waals surface area contributed by atoms with Gasteiger partial charge in [0.05, 0.1) is 16.6 Å². The summed E-state index contributed by atoms with van der Waals surface area (Å²) in [5.41, 5.74) is 3.68. The van der Waals surface area contributed by atoms with E-state index in [0.29, 0.717) is 0 Å². The van der Waals surface area contributed by atoms with Gasteiger partial charge in [-0.05, 0) is 48.2 Å². The molecule has 3 aromatic heterocycles. The second kappa shape index (κ2) is 8.67. The van der Waals surface area contributed by atoms with Gasteiger partial charge in [-0.2, -0.15) is 5.10 Å². The van der Waals surface area contributed by atoms with E-state index < -0.39 is 0 Å². The lowest BCUT2D eigenvalue weighted by molar-refractivity contribution is -0.117. The largest absolute Gasteiger partial charge is 0.346 e. The molecule has 4 aromatic rings. The maximum Gasteiger partial charge on any atom is 0.244 e. The maximum absolute atomic E-state index is 12.4. The van der Waals surface area contributed by atoms with Crippen LogP contribution >= 0.6 is 11.3 Å². The fourth-order valence-corrected chi connectivity index (χ4v) is 3.70. The van der Waals surface area contributed by atoms with Gasteiger partial charge in [-0.3, -0.25) is 9.78 Å². The number of para-hydroxylation sites is 1. The average molecular weight is 401 g/mol. The Morgan fingerprint density at radius 3 is 2.72 bits per heavy atom. The summed E-state index contributed by atoms with van der Waals surface area (Å²) in [4.78, 5) is 17.6. The number of carbonyl (C=O) groups is 1. The van der Waals surface area contributed by atoms with Gasteiger partial charge in [0, 0.05) is 30.2 Å². The summed E-state index contributed by atoms with van der Waals surface area (Å²) >= 11 is 1.62. The average Bonchev–Trinajstić information content (AvgIpc) is 3.43. The first-order valence-corrected chi connectivity index (χ1v) is 10.2. The number of aromatic nitrogens is 3. The molecular weight excluding hydrogens is 380 g/mol. The van der Waals surface area contributed by atoms with Crippen LogP contribution < -0.4 is 5.32 Å². The molecule has 0 saturated heterocycles. The van der Waals surface area contributed by atoms with Crippen LogP contribution in [-0.4, -0.2) is 20.7 Å². The molecule has 0 bridgehead atoms. The van der Waals surface area contributed by atoms with Crippen LogP contribution in [0.4, 0.5) is 0 Å². The summed E-state index contributed by atoms with van der Waals surface area (Å²) in [6.07, 6.45) is 8.78. The second-order valence-electron chi connectivity index (χ2n) is 6.54. The molecule has 1 N–H and O–H groups in total. The number of nitrogens with zero attached hydrogens (tertiary/aromatic N) is 3. The summed E-state index contributed by atoms with van der Waals surface area (Å²) in [5.74, 6) is -0.161. The molecule has 0 aliphatic rings. The van der Waals surface area contributed by atoms with Crippen molar-refractivity contribution in [2.75, 3.05) is 0 Å². The smallest absolute Gasteiger partial charge is 0.244 e. The highest BCUT2D eigenvalue weighted by molar-refractivity contribution is 7.13. The molecule has 0 fully saturated rings. The van der Waals surface area contributed by atoms with E-state index in [1.807, 2.05) is 83.9 Å². The zero-order valence-corrected chi connectivity index (χ0v) is 16.7. The van der Waals surface area contributed by atoms with Gasteiger partial charge in [0.15, 0.2) is 0 Å². The van der Waals surface area contributed by atoms with Gasteiger partial charge in [-0.1, -0.05) is 30.3 Å². The zero-order valence-electron chi connectivity index (χ0n) is 15.9. The fraction of sp³-hybridized carbons (Fsp3) is 0.0870. The first-order valence-electron chi connectivity index (χ1n) is 9.28. The van der Waals surface area contributed by atoms with Gasteiger partial charge in [-0.25, -0.2) is 4.68 Å².